The lowest BCUT2D eigenvalue weighted by Gasteiger charge is -2.21. The van der Waals surface area contributed by atoms with E-state index in [1.807, 2.05) is 20.8 Å². The summed E-state index contributed by atoms with van der Waals surface area (Å²) in [4.78, 5) is 11.6. The third kappa shape index (κ3) is 4.07. The number of hydrogen-bond acceptors (Lipinski definition) is 1. The Hall–Kier alpha value is -0.410. The summed E-state index contributed by atoms with van der Waals surface area (Å²) in [5, 5.41) is 0.484. The summed E-state index contributed by atoms with van der Waals surface area (Å²) < 4.78 is 13.1. The van der Waals surface area contributed by atoms with Crippen molar-refractivity contribution < 1.29 is 9.18 Å². The second-order valence-electron chi connectivity index (χ2n) is 5.02. The van der Waals surface area contributed by atoms with E-state index >= 15 is 0 Å². The summed E-state index contributed by atoms with van der Waals surface area (Å²) in [6.07, 6.45) is 0.396. The predicted molar refractivity (Wildman–Crippen MR) is 72.3 cm³/mol. The van der Waals surface area contributed by atoms with E-state index in [0.29, 0.717) is 17.0 Å². The molecule has 94 valence electrons. The molecule has 1 aromatic rings. The van der Waals surface area contributed by atoms with Crippen molar-refractivity contribution in [2.75, 3.05) is 0 Å². The second-order valence-corrected chi connectivity index (χ2v) is 6.53. The Kier molecular flexibility index (Phi) is 4.73. The highest BCUT2D eigenvalue weighted by molar-refractivity contribution is 9.10. The van der Waals surface area contributed by atoms with Crippen LogP contribution in [0.15, 0.2) is 18.2 Å². The van der Waals surface area contributed by atoms with Gasteiger partial charge in [0.15, 0.2) is 5.78 Å². The van der Waals surface area contributed by atoms with E-state index in [1.165, 1.54) is 18.2 Å². The van der Waals surface area contributed by atoms with Crippen molar-refractivity contribution in [2.24, 2.45) is 5.41 Å². The highest BCUT2D eigenvalue weighted by Crippen LogP contribution is 2.26. The van der Waals surface area contributed by atoms with Crippen molar-refractivity contribution in [3.05, 3.63) is 34.6 Å². The molecule has 0 amide bonds. The first-order valence-corrected chi connectivity index (χ1v) is 6.63. The van der Waals surface area contributed by atoms with Gasteiger partial charge in [0.05, 0.1) is 4.83 Å². The van der Waals surface area contributed by atoms with E-state index in [2.05, 4.69) is 15.9 Å². The highest BCUT2D eigenvalue weighted by Gasteiger charge is 2.28. The summed E-state index contributed by atoms with van der Waals surface area (Å²) in [6.45, 7) is 5.57. The number of carbonyl (C=O) groups is 1. The average Bonchev–Trinajstić information content (AvgIpc) is 2.21. The zero-order valence-electron chi connectivity index (χ0n) is 10.1. The van der Waals surface area contributed by atoms with Crippen LogP contribution in [0.1, 0.15) is 26.3 Å². The molecular formula is C13H15BrClFO. The van der Waals surface area contributed by atoms with E-state index in [0.717, 1.165) is 0 Å². The quantitative estimate of drug-likeness (QED) is 0.754. The molecule has 0 fully saturated rings. The minimum Gasteiger partial charge on any atom is -0.298 e. The molecule has 0 saturated carbocycles. The lowest BCUT2D eigenvalue weighted by Crippen LogP contribution is -2.30. The Morgan fingerprint density at radius 3 is 2.59 bits per heavy atom. The van der Waals surface area contributed by atoms with Crippen LogP contribution < -0.4 is 0 Å². The number of carbonyl (C=O) groups excluding carboxylic acids is 1. The molecule has 1 unspecified atom stereocenters. The van der Waals surface area contributed by atoms with Crippen molar-refractivity contribution in [1.82, 2.24) is 0 Å². The molecule has 0 heterocycles. The summed E-state index contributed by atoms with van der Waals surface area (Å²) in [6, 6.07) is 4.18. The maximum Gasteiger partial charge on any atom is 0.152 e. The number of hydrogen-bond donors (Lipinski definition) is 0. The van der Waals surface area contributed by atoms with Crippen molar-refractivity contribution in [2.45, 2.75) is 32.0 Å². The molecule has 17 heavy (non-hydrogen) atoms. The first-order valence-electron chi connectivity index (χ1n) is 5.34. The van der Waals surface area contributed by atoms with E-state index in [-0.39, 0.29) is 16.4 Å². The van der Waals surface area contributed by atoms with Crippen molar-refractivity contribution in [3.63, 3.8) is 0 Å². The largest absolute Gasteiger partial charge is 0.298 e. The molecule has 0 aliphatic carbocycles. The molecule has 4 heteroatoms. The Bertz CT molecular complexity index is 426. The van der Waals surface area contributed by atoms with Gasteiger partial charge in [-0.2, -0.15) is 0 Å². The smallest absolute Gasteiger partial charge is 0.152 e. The summed E-state index contributed by atoms with van der Waals surface area (Å²) in [7, 11) is 0. The fourth-order valence-electron chi connectivity index (χ4n) is 1.46. The number of alkyl halides is 1. The summed E-state index contributed by atoms with van der Waals surface area (Å²) in [5.41, 5.74) is 0.222. The van der Waals surface area contributed by atoms with Crippen LogP contribution in [-0.2, 0) is 11.2 Å². The summed E-state index contributed by atoms with van der Waals surface area (Å²) >= 11 is 9.30. The number of ketones is 1. The van der Waals surface area contributed by atoms with Crippen molar-refractivity contribution in [1.29, 1.82) is 0 Å². The highest BCUT2D eigenvalue weighted by atomic mass is 79.9. The monoisotopic (exact) mass is 320 g/mol. The molecule has 1 nitrogen and oxygen atoms in total. The molecular weight excluding hydrogens is 306 g/mol. The van der Waals surface area contributed by atoms with Gasteiger partial charge < -0.3 is 0 Å². The van der Waals surface area contributed by atoms with Crippen LogP contribution in [0, 0.1) is 11.2 Å². The molecule has 0 spiro atoms. The van der Waals surface area contributed by atoms with Gasteiger partial charge in [0, 0.05) is 10.4 Å². The molecule has 0 aliphatic rings. The van der Waals surface area contributed by atoms with Gasteiger partial charge in [0.25, 0.3) is 0 Å². The van der Waals surface area contributed by atoms with Gasteiger partial charge in [-0.25, -0.2) is 4.39 Å². The van der Waals surface area contributed by atoms with E-state index in [1.54, 1.807) is 0 Å². The van der Waals surface area contributed by atoms with Crippen molar-refractivity contribution in [3.8, 4) is 0 Å². The topological polar surface area (TPSA) is 17.1 Å². The number of benzene rings is 1. The van der Waals surface area contributed by atoms with Crippen molar-refractivity contribution >= 4 is 33.3 Å². The minimum absolute atomic E-state index is 0.0813. The van der Waals surface area contributed by atoms with Gasteiger partial charge in [-0.3, -0.25) is 4.79 Å². The number of halogens is 3. The van der Waals surface area contributed by atoms with E-state index in [4.69, 9.17) is 11.6 Å². The normalized spacial score (nSPS) is 13.5. The van der Waals surface area contributed by atoms with Crippen LogP contribution >= 0.6 is 27.5 Å². The Morgan fingerprint density at radius 1 is 1.47 bits per heavy atom. The molecule has 0 saturated heterocycles. The van der Waals surface area contributed by atoms with Gasteiger partial charge in [0.1, 0.15) is 5.82 Å². The van der Waals surface area contributed by atoms with Crippen LogP contribution in [-0.4, -0.2) is 10.6 Å². The lowest BCUT2D eigenvalue weighted by molar-refractivity contribution is -0.125. The number of rotatable bonds is 3. The van der Waals surface area contributed by atoms with Gasteiger partial charge >= 0.3 is 0 Å². The van der Waals surface area contributed by atoms with Gasteiger partial charge in [-0.05, 0) is 30.2 Å². The van der Waals surface area contributed by atoms with Crippen LogP contribution in [0.2, 0.25) is 5.02 Å². The third-order valence-corrected chi connectivity index (χ3v) is 3.54. The predicted octanol–water partition coefficient (Wildman–Crippen LogP) is 4.40. The maximum absolute atomic E-state index is 13.1. The van der Waals surface area contributed by atoms with Crippen LogP contribution in [0.25, 0.3) is 0 Å². The fraction of sp³-hybridized carbons (Fsp3) is 0.462. The Balaban J connectivity index is 2.85. The molecule has 0 aromatic heterocycles. The van der Waals surface area contributed by atoms with Gasteiger partial charge in [-0.15, -0.1) is 0 Å². The molecule has 0 radical (unpaired) electrons. The SMILES string of the molecule is CC(C)(C)C(=O)C(Br)Cc1cc(F)ccc1Cl. The lowest BCUT2D eigenvalue weighted by atomic mass is 9.87. The van der Waals surface area contributed by atoms with Crippen LogP contribution in [0.5, 0.6) is 0 Å². The van der Waals surface area contributed by atoms with Crippen LogP contribution in [0.3, 0.4) is 0 Å². The molecule has 1 atom stereocenters. The molecule has 1 rings (SSSR count). The fourth-order valence-corrected chi connectivity index (χ4v) is 2.69. The Labute approximate surface area is 114 Å². The van der Waals surface area contributed by atoms with Gasteiger partial charge in [-0.1, -0.05) is 48.3 Å². The van der Waals surface area contributed by atoms with E-state index in [9.17, 15) is 9.18 Å². The first kappa shape index (κ1) is 14.7. The standard InChI is InChI=1S/C13H15BrClFO/c1-13(2,3)12(17)10(14)7-8-6-9(16)4-5-11(8)15/h4-6,10H,7H2,1-3H3. The van der Waals surface area contributed by atoms with E-state index < -0.39 is 5.41 Å². The van der Waals surface area contributed by atoms with Gasteiger partial charge in [0.2, 0.25) is 0 Å². The zero-order valence-corrected chi connectivity index (χ0v) is 12.4. The average molecular weight is 322 g/mol. The molecule has 0 N–H and O–H groups in total. The second kappa shape index (κ2) is 5.49. The zero-order chi connectivity index (χ0) is 13.2. The third-order valence-electron chi connectivity index (χ3n) is 2.43. The molecule has 1 aromatic carbocycles. The van der Waals surface area contributed by atoms with Crippen LogP contribution in [0.4, 0.5) is 4.39 Å². The summed E-state index contributed by atoms with van der Waals surface area (Å²) in [5.74, 6) is -0.259. The minimum atomic E-state index is -0.423. The first-order chi connectivity index (χ1) is 7.71. The molecule has 0 aliphatic heterocycles. The maximum atomic E-state index is 13.1. The molecule has 0 bridgehead atoms. The number of Topliss-reactive ketones (excluding diaryl/α,β-unsaturated/α-hetero) is 1. The Morgan fingerprint density at radius 2 is 2.06 bits per heavy atom.